The fourth-order valence-corrected chi connectivity index (χ4v) is 2.42. The summed E-state index contributed by atoms with van der Waals surface area (Å²) in [6.45, 7) is 8.56. The third kappa shape index (κ3) is 4.17. The Kier molecular flexibility index (Phi) is 5.33. The van der Waals surface area contributed by atoms with Crippen LogP contribution in [-0.2, 0) is 0 Å². The number of para-hydroxylation sites is 1. The minimum atomic E-state index is 0.231. The molecule has 1 aromatic rings. The molecule has 0 bridgehead atoms. The molecule has 0 fully saturated rings. The van der Waals surface area contributed by atoms with Crippen molar-refractivity contribution in [1.29, 1.82) is 0 Å². The molecular weight excluding hydrogens is 264 g/mol. The lowest BCUT2D eigenvalue weighted by Gasteiger charge is -2.19. The topological polar surface area (TPSA) is 9.23 Å². The van der Waals surface area contributed by atoms with E-state index in [-0.39, 0.29) is 6.10 Å². The number of alkyl halides is 1. The number of ether oxygens (including phenoxy) is 1. The first-order valence-electron chi connectivity index (χ1n) is 5.90. The molecule has 1 nitrogen and oxygen atoms in total. The highest BCUT2D eigenvalue weighted by molar-refractivity contribution is 9.09. The Hall–Kier alpha value is -0.500. The lowest BCUT2D eigenvalue weighted by atomic mass is 9.95. The van der Waals surface area contributed by atoms with Crippen LogP contribution in [0.3, 0.4) is 0 Å². The highest BCUT2D eigenvalue weighted by Gasteiger charge is 2.13. The molecule has 0 amide bonds. The van der Waals surface area contributed by atoms with E-state index in [1.807, 2.05) is 6.07 Å². The van der Waals surface area contributed by atoms with Gasteiger partial charge in [0, 0.05) is 4.83 Å². The molecule has 0 aliphatic carbocycles. The first-order valence-corrected chi connectivity index (χ1v) is 6.82. The smallest absolute Gasteiger partial charge is 0.123 e. The van der Waals surface area contributed by atoms with Gasteiger partial charge in [-0.05, 0) is 37.8 Å². The Morgan fingerprint density at radius 1 is 1.12 bits per heavy atom. The number of halogens is 1. The van der Waals surface area contributed by atoms with Gasteiger partial charge < -0.3 is 4.74 Å². The molecule has 1 rings (SSSR count). The van der Waals surface area contributed by atoms with Crippen LogP contribution >= 0.6 is 15.9 Å². The summed E-state index contributed by atoms with van der Waals surface area (Å²) in [6.07, 6.45) is 1.35. The van der Waals surface area contributed by atoms with Crippen LogP contribution in [-0.4, -0.2) is 10.9 Å². The second-order valence-electron chi connectivity index (χ2n) is 4.62. The predicted octanol–water partition coefficient (Wildman–Crippen LogP) is 4.75. The van der Waals surface area contributed by atoms with Gasteiger partial charge >= 0.3 is 0 Å². The van der Waals surface area contributed by atoms with Crippen molar-refractivity contribution in [2.75, 3.05) is 0 Å². The number of hydrogen-bond donors (Lipinski definition) is 0. The van der Waals surface area contributed by atoms with E-state index in [1.54, 1.807) is 0 Å². The van der Waals surface area contributed by atoms with Crippen molar-refractivity contribution in [3.05, 3.63) is 29.8 Å². The van der Waals surface area contributed by atoms with Gasteiger partial charge in [-0.15, -0.1) is 0 Å². The molecule has 0 saturated carbocycles. The standard InChI is InChI=1S/C14H21BrO/c1-10(2)16-14-8-6-5-7-13(14)11(3)9-12(4)15/h5-8,10-12H,9H2,1-4H3. The molecule has 0 spiro atoms. The van der Waals surface area contributed by atoms with E-state index in [4.69, 9.17) is 4.74 Å². The lowest BCUT2D eigenvalue weighted by Crippen LogP contribution is -2.09. The zero-order chi connectivity index (χ0) is 12.1. The lowest BCUT2D eigenvalue weighted by molar-refractivity contribution is 0.238. The normalized spacial score (nSPS) is 14.9. The highest BCUT2D eigenvalue weighted by atomic mass is 79.9. The van der Waals surface area contributed by atoms with Crippen molar-refractivity contribution in [3.8, 4) is 5.75 Å². The van der Waals surface area contributed by atoms with Gasteiger partial charge in [-0.1, -0.05) is 48.0 Å². The molecule has 0 saturated heterocycles. The van der Waals surface area contributed by atoms with Gasteiger partial charge in [-0.25, -0.2) is 0 Å². The summed E-state index contributed by atoms with van der Waals surface area (Å²) in [4.78, 5) is 0.537. The van der Waals surface area contributed by atoms with E-state index in [9.17, 15) is 0 Å². The van der Waals surface area contributed by atoms with Gasteiger partial charge in [0.25, 0.3) is 0 Å². The molecule has 0 heterocycles. The minimum absolute atomic E-state index is 0.231. The van der Waals surface area contributed by atoms with Crippen molar-refractivity contribution in [2.24, 2.45) is 0 Å². The van der Waals surface area contributed by atoms with Gasteiger partial charge in [0.15, 0.2) is 0 Å². The first-order chi connectivity index (χ1) is 7.50. The largest absolute Gasteiger partial charge is 0.491 e. The predicted molar refractivity (Wildman–Crippen MR) is 73.6 cm³/mol. The van der Waals surface area contributed by atoms with Crippen LogP contribution < -0.4 is 4.74 Å². The number of rotatable bonds is 5. The van der Waals surface area contributed by atoms with Gasteiger partial charge in [-0.2, -0.15) is 0 Å². The summed E-state index contributed by atoms with van der Waals surface area (Å²) in [5.74, 6) is 1.54. The van der Waals surface area contributed by atoms with Crippen LogP contribution in [0.25, 0.3) is 0 Å². The number of benzene rings is 1. The van der Waals surface area contributed by atoms with E-state index in [0.29, 0.717) is 10.7 Å². The summed E-state index contributed by atoms with van der Waals surface area (Å²) < 4.78 is 5.83. The van der Waals surface area contributed by atoms with Crippen LogP contribution in [0.1, 0.15) is 45.6 Å². The summed E-state index contributed by atoms with van der Waals surface area (Å²) in [7, 11) is 0. The third-order valence-electron chi connectivity index (χ3n) is 2.49. The molecule has 0 aromatic heterocycles. The Balaban J connectivity index is 2.85. The van der Waals surface area contributed by atoms with Crippen molar-refractivity contribution < 1.29 is 4.74 Å². The summed E-state index contributed by atoms with van der Waals surface area (Å²) in [5, 5.41) is 0. The van der Waals surface area contributed by atoms with E-state index in [1.165, 1.54) is 5.56 Å². The molecule has 0 radical (unpaired) electrons. The van der Waals surface area contributed by atoms with Crippen molar-refractivity contribution in [1.82, 2.24) is 0 Å². The monoisotopic (exact) mass is 284 g/mol. The molecule has 90 valence electrons. The van der Waals surface area contributed by atoms with Gasteiger partial charge in [-0.3, -0.25) is 0 Å². The van der Waals surface area contributed by atoms with Crippen molar-refractivity contribution in [2.45, 2.75) is 51.0 Å². The maximum Gasteiger partial charge on any atom is 0.123 e. The fraction of sp³-hybridized carbons (Fsp3) is 0.571. The van der Waals surface area contributed by atoms with Crippen LogP contribution in [0.5, 0.6) is 5.75 Å². The highest BCUT2D eigenvalue weighted by Crippen LogP contribution is 2.31. The van der Waals surface area contributed by atoms with Crippen molar-refractivity contribution in [3.63, 3.8) is 0 Å². The fourth-order valence-electron chi connectivity index (χ4n) is 1.86. The van der Waals surface area contributed by atoms with Gasteiger partial charge in [0.05, 0.1) is 6.10 Å². The van der Waals surface area contributed by atoms with Crippen molar-refractivity contribution >= 4 is 15.9 Å². The Morgan fingerprint density at radius 3 is 2.31 bits per heavy atom. The first kappa shape index (κ1) is 13.6. The van der Waals surface area contributed by atoms with E-state index >= 15 is 0 Å². The molecule has 0 aliphatic heterocycles. The van der Waals surface area contributed by atoms with E-state index in [2.05, 4.69) is 61.8 Å². The molecule has 2 unspecified atom stereocenters. The average molecular weight is 285 g/mol. The van der Waals surface area contributed by atoms with Crippen LogP contribution in [0, 0.1) is 0 Å². The number of hydrogen-bond acceptors (Lipinski definition) is 1. The molecule has 16 heavy (non-hydrogen) atoms. The summed E-state index contributed by atoms with van der Waals surface area (Å²) >= 11 is 3.61. The quantitative estimate of drug-likeness (QED) is 0.709. The van der Waals surface area contributed by atoms with Crippen LogP contribution in [0.2, 0.25) is 0 Å². The maximum absolute atomic E-state index is 5.83. The van der Waals surface area contributed by atoms with Gasteiger partial charge in [0.1, 0.15) is 5.75 Å². The second-order valence-corrected chi connectivity index (χ2v) is 6.19. The summed E-state index contributed by atoms with van der Waals surface area (Å²) in [5.41, 5.74) is 1.31. The minimum Gasteiger partial charge on any atom is -0.491 e. The van der Waals surface area contributed by atoms with Crippen LogP contribution in [0.4, 0.5) is 0 Å². The molecular formula is C14H21BrO. The van der Waals surface area contributed by atoms with E-state index < -0.39 is 0 Å². The molecule has 1 aromatic carbocycles. The van der Waals surface area contributed by atoms with E-state index in [0.717, 1.165) is 12.2 Å². The zero-order valence-corrected chi connectivity index (χ0v) is 12.1. The molecule has 0 aliphatic rings. The van der Waals surface area contributed by atoms with Gasteiger partial charge in [0.2, 0.25) is 0 Å². The molecule has 2 heteroatoms. The molecule has 0 N–H and O–H groups in total. The second kappa shape index (κ2) is 6.29. The third-order valence-corrected chi connectivity index (χ3v) is 2.86. The Labute approximate surface area is 107 Å². The SMILES string of the molecule is CC(Br)CC(C)c1ccccc1OC(C)C. The molecule has 2 atom stereocenters. The summed E-state index contributed by atoms with van der Waals surface area (Å²) in [6, 6.07) is 8.34. The maximum atomic E-state index is 5.83. The Morgan fingerprint density at radius 2 is 1.75 bits per heavy atom. The average Bonchev–Trinajstić information content (AvgIpc) is 2.16. The Bertz CT molecular complexity index is 320. The zero-order valence-electron chi connectivity index (χ0n) is 10.5. The van der Waals surface area contributed by atoms with Crippen LogP contribution in [0.15, 0.2) is 24.3 Å².